The Labute approximate surface area is 143 Å². The molecule has 3 atom stereocenters. The quantitative estimate of drug-likeness (QED) is 0.896. The van der Waals surface area contributed by atoms with Gasteiger partial charge < -0.3 is 14.6 Å². The molecule has 4 nitrogen and oxygen atoms in total. The number of nitrogens with zero attached hydrogens (tertiary/aromatic N) is 1. The Balaban J connectivity index is 1.86. The zero-order valence-electron chi connectivity index (χ0n) is 14.8. The largest absolute Gasteiger partial charge is 0.493 e. The van der Waals surface area contributed by atoms with E-state index in [1.54, 1.807) is 7.11 Å². The minimum absolute atomic E-state index is 0.209. The first-order valence-electron chi connectivity index (χ1n) is 8.85. The fourth-order valence-electron chi connectivity index (χ4n) is 4.27. The second-order valence-corrected chi connectivity index (χ2v) is 7.41. The fraction of sp³-hybridized carbons (Fsp3) is 0.684. The molecule has 1 aromatic carbocycles. The van der Waals surface area contributed by atoms with Gasteiger partial charge in [-0.3, -0.25) is 4.90 Å². The van der Waals surface area contributed by atoms with E-state index in [0.717, 1.165) is 32.4 Å². The van der Waals surface area contributed by atoms with Gasteiger partial charge in [0.25, 0.3) is 0 Å². The summed E-state index contributed by atoms with van der Waals surface area (Å²) in [7, 11) is 1.57. The van der Waals surface area contributed by atoms with Crippen LogP contribution < -0.4 is 9.47 Å². The molecule has 24 heavy (non-hydrogen) atoms. The Kier molecular flexibility index (Phi) is 5.30. The zero-order chi connectivity index (χ0) is 17.3. The van der Waals surface area contributed by atoms with E-state index in [9.17, 15) is 9.50 Å². The van der Waals surface area contributed by atoms with E-state index in [1.165, 1.54) is 11.1 Å². The summed E-state index contributed by atoms with van der Waals surface area (Å²) in [5.41, 5.74) is 2.36. The third kappa shape index (κ3) is 3.38. The van der Waals surface area contributed by atoms with E-state index < -0.39 is 6.86 Å². The lowest BCUT2D eigenvalue weighted by Crippen LogP contribution is -2.48. The summed E-state index contributed by atoms with van der Waals surface area (Å²) in [6, 6.07) is 4.07. The molecule has 0 spiro atoms. The first-order chi connectivity index (χ1) is 11.5. The van der Waals surface area contributed by atoms with Crippen LogP contribution in [0.3, 0.4) is 0 Å². The highest BCUT2D eigenvalue weighted by molar-refractivity contribution is 5.49. The van der Waals surface area contributed by atoms with Gasteiger partial charge >= 0.3 is 0 Å². The monoisotopic (exact) mass is 336 g/mol. The number of piperidine rings is 1. The van der Waals surface area contributed by atoms with Gasteiger partial charge in [0.1, 0.15) is 0 Å². The van der Waals surface area contributed by atoms with Crippen molar-refractivity contribution >= 4 is 0 Å². The van der Waals surface area contributed by atoms with Crippen molar-refractivity contribution in [3.63, 3.8) is 0 Å². The molecule has 0 saturated carbocycles. The molecule has 2 heterocycles. The van der Waals surface area contributed by atoms with Crippen LogP contribution in [0.15, 0.2) is 12.1 Å². The molecule has 0 aliphatic carbocycles. The van der Waals surface area contributed by atoms with Gasteiger partial charge in [0.2, 0.25) is 6.86 Å². The Bertz CT molecular complexity index is 578. The molecule has 1 fully saturated rings. The van der Waals surface area contributed by atoms with Crippen molar-refractivity contribution in [2.45, 2.75) is 45.3 Å². The highest BCUT2D eigenvalue weighted by Gasteiger charge is 2.38. The summed E-state index contributed by atoms with van der Waals surface area (Å²) in [5.74, 6) is 1.96. The van der Waals surface area contributed by atoms with Gasteiger partial charge in [-0.25, -0.2) is 4.39 Å². The Morgan fingerprint density at radius 3 is 2.79 bits per heavy atom. The number of hydrogen-bond acceptors (Lipinski definition) is 4. The van der Waals surface area contributed by atoms with Gasteiger partial charge in [0.05, 0.1) is 13.2 Å². The van der Waals surface area contributed by atoms with Crippen molar-refractivity contribution in [2.75, 3.05) is 27.1 Å². The highest BCUT2D eigenvalue weighted by atomic mass is 18.2. The van der Waals surface area contributed by atoms with Gasteiger partial charge in [0.15, 0.2) is 11.5 Å². The van der Waals surface area contributed by atoms with Crippen molar-refractivity contribution in [3.8, 4) is 11.5 Å². The molecule has 0 amide bonds. The second kappa shape index (κ2) is 7.28. The average molecular weight is 336 g/mol. The standard InChI is InChI=1S/C19H28FNO3/c1-12(2)6-14-10-21-5-4-13-7-19(24-11-20)18(23-3)8-15(13)16(21)9-17(14)22/h7-8,12,14,16-17,22H,4-6,9-11H2,1-3H3/i20-1. The van der Waals surface area contributed by atoms with Crippen molar-refractivity contribution in [2.24, 2.45) is 11.8 Å². The Morgan fingerprint density at radius 1 is 1.33 bits per heavy atom. The van der Waals surface area contributed by atoms with Crippen LogP contribution in [0.25, 0.3) is 0 Å². The SMILES string of the molecule is COc1cc2c(cc1OC[18F])CCN1CC(CC(C)C)C(O)CC21. The first kappa shape index (κ1) is 17.5. The third-order valence-electron chi connectivity index (χ3n) is 5.36. The summed E-state index contributed by atoms with van der Waals surface area (Å²) in [5, 5.41) is 10.6. The number of fused-ring (bicyclic) bond motifs is 3. The summed E-state index contributed by atoms with van der Waals surface area (Å²) < 4.78 is 23.0. The average Bonchev–Trinajstić information content (AvgIpc) is 2.55. The minimum Gasteiger partial charge on any atom is -0.493 e. The van der Waals surface area contributed by atoms with E-state index >= 15 is 0 Å². The van der Waals surface area contributed by atoms with E-state index in [2.05, 4.69) is 18.7 Å². The van der Waals surface area contributed by atoms with Crippen LogP contribution in [0.1, 0.15) is 43.9 Å². The number of aliphatic hydroxyl groups is 1. The van der Waals surface area contributed by atoms with Gasteiger partial charge in [-0.1, -0.05) is 13.8 Å². The smallest absolute Gasteiger partial charge is 0.228 e. The van der Waals surface area contributed by atoms with Gasteiger partial charge in [-0.15, -0.1) is 0 Å². The number of aliphatic hydroxyl groups excluding tert-OH is 1. The topological polar surface area (TPSA) is 41.9 Å². The molecule has 2 aliphatic heterocycles. The molecule has 3 rings (SSSR count). The summed E-state index contributed by atoms with van der Waals surface area (Å²) >= 11 is 0. The number of hydrogen-bond donors (Lipinski definition) is 1. The molecule has 0 radical (unpaired) electrons. The molecule has 5 heteroatoms. The summed E-state index contributed by atoms with van der Waals surface area (Å²) in [4.78, 5) is 2.48. The first-order valence-corrected chi connectivity index (χ1v) is 8.85. The molecule has 0 bridgehead atoms. The normalized spacial score (nSPS) is 26.8. The molecule has 1 saturated heterocycles. The zero-order valence-corrected chi connectivity index (χ0v) is 14.8. The van der Waals surface area contributed by atoms with E-state index in [4.69, 9.17) is 9.47 Å². The lowest BCUT2D eigenvalue weighted by Gasteiger charge is -2.46. The van der Waals surface area contributed by atoms with Crippen LogP contribution in [0, 0.1) is 11.8 Å². The van der Waals surface area contributed by atoms with Crippen LogP contribution in [-0.4, -0.2) is 43.2 Å². The van der Waals surface area contributed by atoms with Crippen molar-refractivity contribution < 1.29 is 19.0 Å². The molecular weight excluding hydrogens is 308 g/mol. The molecule has 134 valence electrons. The van der Waals surface area contributed by atoms with Gasteiger partial charge in [0, 0.05) is 19.1 Å². The van der Waals surface area contributed by atoms with Crippen LogP contribution in [0.5, 0.6) is 11.5 Å². The second-order valence-electron chi connectivity index (χ2n) is 7.41. The molecule has 3 unspecified atom stereocenters. The highest BCUT2D eigenvalue weighted by Crippen LogP contribution is 2.43. The molecule has 2 aliphatic rings. The minimum atomic E-state index is -0.861. The lowest BCUT2D eigenvalue weighted by molar-refractivity contribution is -0.0192. The van der Waals surface area contributed by atoms with E-state index in [1.807, 2.05) is 12.1 Å². The number of methoxy groups -OCH3 is 1. The van der Waals surface area contributed by atoms with Crippen LogP contribution in [0.4, 0.5) is 4.39 Å². The maximum absolute atomic E-state index is 12.6. The van der Waals surface area contributed by atoms with Crippen molar-refractivity contribution in [3.05, 3.63) is 23.3 Å². The number of rotatable bonds is 5. The van der Waals surface area contributed by atoms with Crippen LogP contribution in [0.2, 0.25) is 0 Å². The predicted octanol–water partition coefficient (Wildman–Crippen LogP) is 3.33. The van der Waals surface area contributed by atoms with Gasteiger partial charge in [-0.2, -0.15) is 0 Å². The maximum Gasteiger partial charge on any atom is 0.228 e. The number of benzene rings is 1. The lowest BCUT2D eigenvalue weighted by atomic mass is 9.79. The number of ether oxygens (including phenoxy) is 2. The number of halogens is 1. The van der Waals surface area contributed by atoms with Crippen molar-refractivity contribution in [1.82, 2.24) is 4.90 Å². The van der Waals surface area contributed by atoms with E-state index in [-0.39, 0.29) is 12.1 Å². The van der Waals surface area contributed by atoms with Crippen LogP contribution in [-0.2, 0) is 6.42 Å². The predicted molar refractivity (Wildman–Crippen MR) is 91.2 cm³/mol. The summed E-state index contributed by atoms with van der Waals surface area (Å²) in [6.45, 7) is 5.47. The molecule has 0 aromatic heterocycles. The van der Waals surface area contributed by atoms with Crippen LogP contribution >= 0.6 is 0 Å². The molecule has 1 N–H and O–H groups in total. The third-order valence-corrected chi connectivity index (χ3v) is 5.36. The summed E-state index contributed by atoms with van der Waals surface area (Å²) in [6.07, 6.45) is 2.45. The molecular formula is C19H28FNO3. The van der Waals surface area contributed by atoms with E-state index in [0.29, 0.717) is 23.3 Å². The number of alkyl halides is 1. The maximum atomic E-state index is 12.6. The Hall–Kier alpha value is -1.33. The van der Waals surface area contributed by atoms with Gasteiger partial charge in [-0.05, 0) is 54.4 Å². The molecule has 1 aromatic rings. The Morgan fingerprint density at radius 2 is 2.12 bits per heavy atom. The van der Waals surface area contributed by atoms with Crippen molar-refractivity contribution in [1.29, 1.82) is 0 Å². The fourth-order valence-corrected chi connectivity index (χ4v) is 4.27.